The van der Waals surface area contributed by atoms with Crippen molar-refractivity contribution < 1.29 is 9.53 Å². The first-order valence-electron chi connectivity index (χ1n) is 7.18. The van der Waals surface area contributed by atoms with Gasteiger partial charge in [0.1, 0.15) is 5.60 Å². The lowest BCUT2D eigenvalue weighted by molar-refractivity contribution is 0.0505. The minimum Gasteiger partial charge on any atom is -0.444 e. The topological polar surface area (TPSA) is 64.3 Å². The van der Waals surface area contributed by atoms with Gasteiger partial charge in [-0.25, -0.2) is 4.79 Å². The quantitative estimate of drug-likeness (QED) is 0.813. The van der Waals surface area contributed by atoms with Gasteiger partial charge in [-0.15, -0.1) is 0 Å². The summed E-state index contributed by atoms with van der Waals surface area (Å²) in [5.74, 6) is 0.496. The van der Waals surface area contributed by atoms with Crippen molar-refractivity contribution >= 4 is 11.8 Å². The second-order valence-corrected chi connectivity index (χ2v) is 6.52. The molecule has 1 aromatic rings. The van der Waals surface area contributed by atoms with Crippen molar-refractivity contribution in [2.75, 3.05) is 5.73 Å². The molecule has 4 nitrogen and oxygen atoms in total. The molecular weight excluding hydrogens is 252 g/mol. The number of nitrogens with one attached hydrogen (secondary N) is 1. The molecule has 0 unspecified atom stereocenters. The van der Waals surface area contributed by atoms with Crippen molar-refractivity contribution in [3.05, 3.63) is 29.8 Å². The Morgan fingerprint density at radius 2 is 1.90 bits per heavy atom. The first-order valence-corrected chi connectivity index (χ1v) is 7.18. The van der Waals surface area contributed by atoms with Crippen molar-refractivity contribution in [2.24, 2.45) is 0 Å². The Labute approximate surface area is 120 Å². The lowest BCUT2D eigenvalue weighted by atomic mass is 9.97. The van der Waals surface area contributed by atoms with Gasteiger partial charge in [-0.2, -0.15) is 0 Å². The Balaban J connectivity index is 1.86. The molecule has 0 aliphatic heterocycles. The van der Waals surface area contributed by atoms with Crippen LogP contribution < -0.4 is 11.1 Å². The molecule has 1 fully saturated rings. The Bertz CT molecular complexity index is 462. The van der Waals surface area contributed by atoms with Crippen LogP contribution >= 0.6 is 0 Å². The van der Waals surface area contributed by atoms with E-state index in [1.807, 2.05) is 32.9 Å². The van der Waals surface area contributed by atoms with E-state index in [1.165, 1.54) is 5.56 Å². The highest BCUT2D eigenvalue weighted by Gasteiger charge is 2.28. The summed E-state index contributed by atoms with van der Waals surface area (Å²) in [7, 11) is 0. The number of benzene rings is 1. The highest BCUT2D eigenvalue weighted by atomic mass is 16.6. The zero-order chi connectivity index (χ0) is 14.8. The summed E-state index contributed by atoms with van der Waals surface area (Å²) in [5, 5.41) is 2.96. The highest BCUT2D eigenvalue weighted by Crippen LogP contribution is 2.34. The lowest BCUT2D eigenvalue weighted by Gasteiger charge is -2.21. The average Bonchev–Trinajstić information content (AvgIpc) is 2.75. The van der Waals surface area contributed by atoms with Crippen LogP contribution in [0.2, 0.25) is 0 Å². The van der Waals surface area contributed by atoms with E-state index in [4.69, 9.17) is 10.5 Å². The van der Waals surface area contributed by atoms with Gasteiger partial charge in [-0.3, -0.25) is 0 Å². The molecule has 2 atom stereocenters. The molecule has 1 aromatic carbocycles. The number of nitrogen functional groups attached to an aromatic ring is 1. The Morgan fingerprint density at radius 1 is 1.25 bits per heavy atom. The van der Waals surface area contributed by atoms with Gasteiger partial charge in [-0.1, -0.05) is 12.1 Å². The predicted molar refractivity (Wildman–Crippen MR) is 80.6 cm³/mol. The minimum atomic E-state index is -0.445. The molecule has 0 heterocycles. The fourth-order valence-corrected chi connectivity index (χ4v) is 2.66. The number of nitrogens with two attached hydrogens (primary N) is 1. The van der Waals surface area contributed by atoms with Crippen LogP contribution in [0.25, 0.3) is 0 Å². The van der Waals surface area contributed by atoms with Crippen LogP contribution in [-0.2, 0) is 4.74 Å². The Hall–Kier alpha value is -1.71. The predicted octanol–water partition coefficient (Wildman–Crippen LogP) is 3.43. The zero-order valence-corrected chi connectivity index (χ0v) is 12.5. The maximum absolute atomic E-state index is 11.8. The van der Waals surface area contributed by atoms with E-state index in [0.29, 0.717) is 5.92 Å². The lowest BCUT2D eigenvalue weighted by Crippen LogP contribution is -2.37. The number of rotatable bonds is 2. The monoisotopic (exact) mass is 276 g/mol. The normalized spacial score (nSPS) is 22.6. The molecule has 0 saturated heterocycles. The molecule has 4 heteroatoms. The first-order chi connectivity index (χ1) is 9.33. The molecule has 1 amide bonds. The van der Waals surface area contributed by atoms with Crippen LogP contribution in [-0.4, -0.2) is 17.7 Å². The van der Waals surface area contributed by atoms with Gasteiger partial charge in [0.25, 0.3) is 0 Å². The third-order valence-electron chi connectivity index (χ3n) is 3.56. The van der Waals surface area contributed by atoms with Gasteiger partial charge in [0.2, 0.25) is 0 Å². The number of anilines is 1. The number of carbonyl (C=O) groups excluding carboxylic acids is 1. The van der Waals surface area contributed by atoms with E-state index in [1.54, 1.807) is 0 Å². The fourth-order valence-electron chi connectivity index (χ4n) is 2.66. The van der Waals surface area contributed by atoms with Crippen LogP contribution in [0.15, 0.2) is 24.3 Å². The van der Waals surface area contributed by atoms with Gasteiger partial charge >= 0.3 is 6.09 Å². The summed E-state index contributed by atoms with van der Waals surface area (Å²) in [4.78, 5) is 11.8. The number of alkyl carbamates (subject to hydrolysis) is 1. The van der Waals surface area contributed by atoms with E-state index in [0.717, 1.165) is 24.9 Å². The van der Waals surface area contributed by atoms with E-state index in [-0.39, 0.29) is 12.1 Å². The zero-order valence-electron chi connectivity index (χ0n) is 12.5. The summed E-state index contributed by atoms with van der Waals surface area (Å²) in [6, 6.07) is 8.23. The van der Waals surface area contributed by atoms with E-state index < -0.39 is 5.60 Å². The van der Waals surface area contributed by atoms with E-state index in [9.17, 15) is 4.79 Å². The molecule has 2 rings (SSSR count). The summed E-state index contributed by atoms with van der Waals surface area (Å²) in [6.45, 7) is 5.62. The van der Waals surface area contributed by atoms with Crippen molar-refractivity contribution in [1.82, 2.24) is 5.32 Å². The summed E-state index contributed by atoms with van der Waals surface area (Å²) in [5.41, 5.74) is 7.34. The minimum absolute atomic E-state index is 0.201. The molecule has 20 heavy (non-hydrogen) atoms. The molecule has 0 radical (unpaired) electrons. The number of ether oxygens (including phenoxy) is 1. The number of amides is 1. The SMILES string of the molecule is CC(C)(C)OC(=O)N[C@@H]1CC[C@@H](c2ccc(N)cc2)C1. The molecule has 110 valence electrons. The Morgan fingerprint density at radius 3 is 2.50 bits per heavy atom. The maximum atomic E-state index is 11.8. The standard InChI is InChI=1S/C16H24N2O2/c1-16(2,3)20-15(19)18-14-9-6-12(10-14)11-4-7-13(17)8-5-11/h4-5,7-8,12,14H,6,9-10,17H2,1-3H3,(H,18,19)/t12-,14-/m1/s1. The largest absolute Gasteiger partial charge is 0.444 e. The van der Waals surface area contributed by atoms with Crippen molar-refractivity contribution in [3.8, 4) is 0 Å². The molecule has 1 aliphatic carbocycles. The second kappa shape index (κ2) is 5.73. The first kappa shape index (κ1) is 14.7. The summed E-state index contributed by atoms with van der Waals surface area (Å²) < 4.78 is 5.29. The van der Waals surface area contributed by atoms with Crippen LogP contribution in [0.5, 0.6) is 0 Å². The number of hydrogen-bond donors (Lipinski definition) is 2. The molecule has 1 aliphatic rings. The molecule has 0 bridgehead atoms. The Kier molecular flexibility index (Phi) is 4.21. The summed E-state index contributed by atoms with van der Waals surface area (Å²) in [6.07, 6.45) is 2.72. The molecule has 1 saturated carbocycles. The molecule has 0 aromatic heterocycles. The third-order valence-corrected chi connectivity index (χ3v) is 3.56. The maximum Gasteiger partial charge on any atom is 0.407 e. The highest BCUT2D eigenvalue weighted by molar-refractivity contribution is 5.68. The number of carbonyl (C=O) groups is 1. The van der Waals surface area contributed by atoms with Crippen molar-refractivity contribution in [1.29, 1.82) is 0 Å². The van der Waals surface area contributed by atoms with Gasteiger partial charge in [0.15, 0.2) is 0 Å². The number of hydrogen-bond acceptors (Lipinski definition) is 3. The average molecular weight is 276 g/mol. The van der Waals surface area contributed by atoms with Crippen LogP contribution in [0.3, 0.4) is 0 Å². The van der Waals surface area contributed by atoms with E-state index >= 15 is 0 Å². The van der Waals surface area contributed by atoms with Crippen LogP contribution in [0.1, 0.15) is 51.5 Å². The second-order valence-electron chi connectivity index (χ2n) is 6.52. The van der Waals surface area contributed by atoms with Crippen molar-refractivity contribution in [3.63, 3.8) is 0 Å². The van der Waals surface area contributed by atoms with Gasteiger partial charge in [0.05, 0.1) is 0 Å². The molecule has 0 spiro atoms. The molecule has 3 N–H and O–H groups in total. The van der Waals surface area contributed by atoms with Crippen LogP contribution in [0, 0.1) is 0 Å². The third kappa shape index (κ3) is 4.15. The van der Waals surface area contributed by atoms with Crippen LogP contribution in [0.4, 0.5) is 10.5 Å². The fraction of sp³-hybridized carbons (Fsp3) is 0.562. The molecular formula is C16H24N2O2. The smallest absolute Gasteiger partial charge is 0.407 e. The van der Waals surface area contributed by atoms with Gasteiger partial charge in [0, 0.05) is 11.7 Å². The van der Waals surface area contributed by atoms with Gasteiger partial charge in [-0.05, 0) is 63.6 Å². The summed E-state index contributed by atoms with van der Waals surface area (Å²) >= 11 is 0. The van der Waals surface area contributed by atoms with Gasteiger partial charge < -0.3 is 15.8 Å². The van der Waals surface area contributed by atoms with E-state index in [2.05, 4.69) is 17.4 Å². The van der Waals surface area contributed by atoms with Crippen molar-refractivity contribution in [2.45, 2.75) is 57.6 Å².